The number of Topliss-reactive ketones (excluding diaryl/α,β-unsaturated/α-hetero) is 1. The quantitative estimate of drug-likeness (QED) is 0.388. The van der Waals surface area contributed by atoms with Crippen LogP contribution >= 0.6 is 22.9 Å². The number of pyridine rings is 1. The van der Waals surface area contributed by atoms with Gasteiger partial charge in [-0.25, -0.2) is 13.2 Å². The van der Waals surface area contributed by atoms with Crippen molar-refractivity contribution in [3.05, 3.63) is 84.7 Å². The molecule has 0 fully saturated rings. The fraction of sp³-hybridized carbons (Fsp3) is 0.182. The Bertz CT molecular complexity index is 1220. The lowest BCUT2D eigenvalue weighted by Gasteiger charge is -2.08. The van der Waals surface area contributed by atoms with Crippen molar-refractivity contribution in [3.8, 4) is 17.6 Å². The van der Waals surface area contributed by atoms with E-state index in [1.165, 1.54) is 6.07 Å². The molecule has 0 amide bonds. The molecule has 2 aromatic heterocycles. The van der Waals surface area contributed by atoms with Gasteiger partial charge in [-0.05, 0) is 42.0 Å². The number of hydrogen-bond acceptors (Lipinski definition) is 4. The molecule has 0 unspecified atom stereocenters. The Morgan fingerprint density at radius 1 is 1.23 bits per heavy atom. The van der Waals surface area contributed by atoms with Gasteiger partial charge in [-0.1, -0.05) is 23.4 Å². The molecular weight excluding hydrogens is 451 g/mol. The first-order valence-corrected chi connectivity index (χ1v) is 10.1. The van der Waals surface area contributed by atoms with E-state index in [4.69, 9.17) is 16.3 Å². The Kier molecular flexibility index (Phi) is 7.21. The minimum Gasteiger partial charge on any atom is -0.497 e. The maximum atomic E-state index is 13.8. The summed E-state index contributed by atoms with van der Waals surface area (Å²) in [5.41, 5.74) is 0.136. The minimum atomic E-state index is -2.83. The lowest BCUT2D eigenvalue weighted by atomic mass is 10.1. The normalized spacial score (nSPS) is 10.6. The summed E-state index contributed by atoms with van der Waals surface area (Å²) in [6.07, 6.45) is -2.04. The van der Waals surface area contributed by atoms with Crippen molar-refractivity contribution in [1.82, 2.24) is 4.57 Å². The van der Waals surface area contributed by atoms with Crippen LogP contribution in [-0.2, 0) is 13.0 Å². The fourth-order valence-electron chi connectivity index (χ4n) is 2.72. The van der Waals surface area contributed by atoms with Gasteiger partial charge in [-0.2, -0.15) is 0 Å². The Morgan fingerprint density at radius 3 is 2.58 bits per heavy atom. The maximum Gasteiger partial charge on any atom is 0.286 e. The highest BCUT2D eigenvalue weighted by Gasteiger charge is 2.16. The van der Waals surface area contributed by atoms with Crippen LogP contribution in [-0.4, -0.2) is 23.9 Å². The molecule has 0 radical (unpaired) electrons. The molecule has 4 nitrogen and oxygen atoms in total. The van der Waals surface area contributed by atoms with E-state index in [1.54, 1.807) is 31.4 Å². The van der Waals surface area contributed by atoms with Crippen molar-refractivity contribution < 1.29 is 22.7 Å². The Balaban J connectivity index is 1.79. The number of thiophene rings is 1. The number of rotatable bonds is 6. The third-order valence-corrected chi connectivity index (χ3v) is 5.59. The van der Waals surface area contributed by atoms with Gasteiger partial charge in [0, 0.05) is 18.2 Å². The molecule has 160 valence electrons. The molecule has 0 N–H and O–H groups in total. The molecule has 0 saturated carbocycles. The Labute approximate surface area is 184 Å². The van der Waals surface area contributed by atoms with E-state index in [-0.39, 0.29) is 16.9 Å². The monoisotopic (exact) mass is 465 g/mol. The molecule has 2 heterocycles. The predicted molar refractivity (Wildman–Crippen MR) is 113 cm³/mol. The molecule has 3 aromatic rings. The molecule has 0 atom stereocenters. The molecule has 31 heavy (non-hydrogen) atoms. The van der Waals surface area contributed by atoms with Crippen molar-refractivity contribution in [2.45, 2.75) is 19.4 Å². The van der Waals surface area contributed by atoms with Crippen LogP contribution in [0.4, 0.5) is 13.2 Å². The highest BCUT2D eigenvalue weighted by atomic mass is 35.5. The second-order valence-corrected chi connectivity index (χ2v) is 8.08. The zero-order valence-corrected chi connectivity index (χ0v) is 17.7. The Morgan fingerprint density at radius 2 is 1.94 bits per heavy atom. The van der Waals surface area contributed by atoms with Crippen molar-refractivity contribution >= 4 is 28.7 Å². The first kappa shape index (κ1) is 22.7. The lowest BCUT2D eigenvalue weighted by Crippen LogP contribution is -2.26. The van der Waals surface area contributed by atoms with E-state index in [9.17, 15) is 22.8 Å². The standard InChI is InChI=1S/C22H15ClF3NO3S/c1-30-16-6-3-13(4-7-16)2-5-15-10-19(31-21(15)23)18(28)9-14-8-17(24)22(29)27(11-14)12-20(25)26/h3-4,6-8,10-11,20H,9,12H2,1H3. The van der Waals surface area contributed by atoms with Crippen LogP contribution in [0.1, 0.15) is 26.4 Å². The van der Waals surface area contributed by atoms with Gasteiger partial charge in [0.2, 0.25) is 0 Å². The smallest absolute Gasteiger partial charge is 0.286 e. The molecular formula is C22H15ClF3NO3S. The van der Waals surface area contributed by atoms with Crippen LogP contribution in [0.2, 0.25) is 4.34 Å². The van der Waals surface area contributed by atoms with Gasteiger partial charge in [-0.3, -0.25) is 9.59 Å². The van der Waals surface area contributed by atoms with Crippen molar-refractivity contribution in [1.29, 1.82) is 0 Å². The molecule has 3 rings (SSSR count). The van der Waals surface area contributed by atoms with Crippen LogP contribution in [0.15, 0.2) is 47.4 Å². The highest BCUT2D eigenvalue weighted by Crippen LogP contribution is 2.28. The van der Waals surface area contributed by atoms with Crippen LogP contribution in [0.3, 0.4) is 0 Å². The second kappa shape index (κ2) is 9.86. The number of halogens is 4. The van der Waals surface area contributed by atoms with E-state index in [2.05, 4.69) is 11.8 Å². The van der Waals surface area contributed by atoms with Crippen LogP contribution in [0.5, 0.6) is 5.75 Å². The first-order chi connectivity index (χ1) is 14.8. The van der Waals surface area contributed by atoms with E-state index in [1.807, 2.05) is 0 Å². The molecule has 0 aliphatic heterocycles. The summed E-state index contributed by atoms with van der Waals surface area (Å²) in [5, 5.41) is 0. The topological polar surface area (TPSA) is 48.3 Å². The van der Waals surface area contributed by atoms with Crippen molar-refractivity contribution in [3.63, 3.8) is 0 Å². The zero-order valence-electron chi connectivity index (χ0n) is 16.1. The summed E-state index contributed by atoms with van der Waals surface area (Å²) < 4.78 is 44.9. The third kappa shape index (κ3) is 5.78. The van der Waals surface area contributed by atoms with E-state index < -0.39 is 30.1 Å². The Hall–Kier alpha value is -3.02. The number of alkyl halides is 2. The van der Waals surface area contributed by atoms with Crippen molar-refractivity contribution in [2.75, 3.05) is 7.11 Å². The molecule has 1 aromatic carbocycles. The first-order valence-electron chi connectivity index (χ1n) is 8.92. The van der Waals surface area contributed by atoms with E-state index in [0.29, 0.717) is 20.2 Å². The average Bonchev–Trinajstić information content (AvgIpc) is 3.11. The number of aromatic nitrogens is 1. The summed E-state index contributed by atoms with van der Waals surface area (Å²) in [7, 11) is 1.56. The van der Waals surface area contributed by atoms with E-state index in [0.717, 1.165) is 29.2 Å². The number of nitrogens with zero attached hydrogens (tertiary/aromatic N) is 1. The predicted octanol–water partition coefficient (Wildman–Crippen LogP) is 4.80. The minimum absolute atomic E-state index is 0.109. The van der Waals surface area contributed by atoms with Gasteiger partial charge in [0.25, 0.3) is 12.0 Å². The van der Waals surface area contributed by atoms with Crippen molar-refractivity contribution in [2.24, 2.45) is 0 Å². The van der Waals surface area contributed by atoms with Crippen LogP contribution in [0, 0.1) is 17.7 Å². The SMILES string of the molecule is COc1ccc(C#Cc2cc(C(=O)Cc3cc(F)c(=O)n(CC(F)F)c3)sc2Cl)cc1. The fourth-order valence-corrected chi connectivity index (χ4v) is 3.84. The zero-order chi connectivity index (χ0) is 22.5. The van der Waals surface area contributed by atoms with Gasteiger partial charge in [0.15, 0.2) is 11.6 Å². The summed E-state index contributed by atoms with van der Waals surface area (Å²) >= 11 is 7.21. The van der Waals surface area contributed by atoms with Crippen LogP contribution in [0.25, 0.3) is 0 Å². The molecule has 0 saturated heterocycles. The largest absolute Gasteiger partial charge is 0.497 e. The van der Waals surface area contributed by atoms with E-state index >= 15 is 0 Å². The van der Waals surface area contributed by atoms with Gasteiger partial charge >= 0.3 is 0 Å². The summed E-state index contributed by atoms with van der Waals surface area (Å²) in [6, 6.07) is 9.49. The highest BCUT2D eigenvalue weighted by molar-refractivity contribution is 7.18. The van der Waals surface area contributed by atoms with Gasteiger partial charge in [0.05, 0.1) is 24.1 Å². The number of carbonyl (C=O) groups is 1. The van der Waals surface area contributed by atoms with Gasteiger partial charge in [0.1, 0.15) is 10.1 Å². The molecule has 0 aliphatic carbocycles. The number of carbonyl (C=O) groups excluding carboxylic acids is 1. The number of benzene rings is 1. The number of ether oxygens (including phenoxy) is 1. The summed E-state index contributed by atoms with van der Waals surface area (Å²) in [6.45, 7) is -0.951. The van der Waals surface area contributed by atoms with Gasteiger partial charge < -0.3 is 9.30 Å². The number of ketones is 1. The summed E-state index contributed by atoms with van der Waals surface area (Å²) in [4.78, 5) is 24.5. The number of methoxy groups -OCH3 is 1. The summed E-state index contributed by atoms with van der Waals surface area (Å²) in [5.74, 6) is 4.95. The molecule has 0 spiro atoms. The van der Waals surface area contributed by atoms with Gasteiger partial charge in [-0.15, -0.1) is 11.3 Å². The number of hydrogen-bond donors (Lipinski definition) is 0. The lowest BCUT2D eigenvalue weighted by molar-refractivity contribution is 0.0996. The average molecular weight is 466 g/mol. The second-order valence-electron chi connectivity index (χ2n) is 6.42. The molecule has 9 heteroatoms. The maximum absolute atomic E-state index is 13.8. The van der Waals surface area contributed by atoms with Crippen LogP contribution < -0.4 is 10.3 Å². The molecule has 0 aliphatic rings. The molecule has 0 bridgehead atoms. The third-order valence-electron chi connectivity index (χ3n) is 4.19.